The molecule has 0 bridgehead atoms. The van der Waals surface area contributed by atoms with Crippen molar-refractivity contribution < 1.29 is 26.7 Å². The van der Waals surface area contributed by atoms with Crippen LogP contribution in [0.4, 0.5) is 22.0 Å². The molecule has 2 aliphatic carbocycles. The van der Waals surface area contributed by atoms with Gasteiger partial charge in [0.1, 0.15) is 6.17 Å². The maximum Gasteiger partial charge on any atom is 0.190 e. The summed E-state index contributed by atoms with van der Waals surface area (Å²) < 4.78 is 69.4. The summed E-state index contributed by atoms with van der Waals surface area (Å²) in [7, 11) is 1.24. The quantitative estimate of drug-likeness (QED) is 0.321. The van der Waals surface area contributed by atoms with E-state index in [0.29, 0.717) is 30.2 Å². The summed E-state index contributed by atoms with van der Waals surface area (Å²) >= 11 is 0. The number of hydrogen-bond donors (Lipinski definition) is 0. The van der Waals surface area contributed by atoms with E-state index in [4.69, 9.17) is 4.74 Å². The Morgan fingerprint density at radius 2 is 1.28 bits per heavy atom. The summed E-state index contributed by atoms with van der Waals surface area (Å²) in [6, 6.07) is 10.2. The first-order valence-corrected chi connectivity index (χ1v) is 13.3. The fourth-order valence-electron chi connectivity index (χ4n) is 5.58. The van der Waals surface area contributed by atoms with Crippen molar-refractivity contribution >= 4 is 0 Å². The van der Waals surface area contributed by atoms with Crippen molar-refractivity contribution in [3.8, 4) is 16.9 Å². The lowest BCUT2D eigenvalue weighted by molar-refractivity contribution is 0.232. The van der Waals surface area contributed by atoms with Crippen LogP contribution in [0.15, 0.2) is 36.4 Å². The van der Waals surface area contributed by atoms with Gasteiger partial charge in [0.25, 0.3) is 0 Å². The van der Waals surface area contributed by atoms with Gasteiger partial charge in [-0.05, 0) is 91.5 Å². The summed E-state index contributed by atoms with van der Waals surface area (Å²) in [4.78, 5) is 0. The van der Waals surface area contributed by atoms with Crippen LogP contribution in [0.2, 0.25) is 0 Å². The molecular weight excluding hydrogens is 471 g/mol. The summed E-state index contributed by atoms with van der Waals surface area (Å²) in [5.41, 5.74) is 2.38. The Labute approximate surface area is 212 Å². The minimum atomic E-state index is -0.715. The Morgan fingerprint density at radius 3 is 1.78 bits per heavy atom. The van der Waals surface area contributed by atoms with Gasteiger partial charge in [-0.3, -0.25) is 8.78 Å². The van der Waals surface area contributed by atoms with Gasteiger partial charge in [-0.15, -0.1) is 0 Å². The topological polar surface area (TPSA) is 9.23 Å². The van der Waals surface area contributed by atoms with Gasteiger partial charge in [0.05, 0.1) is 20.5 Å². The summed E-state index contributed by atoms with van der Waals surface area (Å²) in [6.45, 7) is -0.343. The summed E-state index contributed by atoms with van der Waals surface area (Å²) in [5.74, 6) is -0.0762. The summed E-state index contributed by atoms with van der Waals surface area (Å²) in [6.07, 6.45) is 9.50. The van der Waals surface area contributed by atoms with E-state index in [1.807, 2.05) is 24.3 Å². The van der Waals surface area contributed by atoms with Crippen molar-refractivity contribution in [2.45, 2.75) is 82.7 Å². The number of benzene rings is 2. The predicted octanol–water partition coefficient (Wildman–Crippen LogP) is 9.54. The van der Waals surface area contributed by atoms with E-state index in [0.717, 1.165) is 49.1 Å². The molecule has 0 aromatic heterocycles. The zero-order chi connectivity index (χ0) is 25.9. The molecule has 200 valence electrons. The fourth-order valence-corrected chi connectivity index (χ4v) is 5.58. The van der Waals surface area contributed by atoms with Crippen molar-refractivity contribution in [3.05, 3.63) is 53.6 Å². The van der Waals surface area contributed by atoms with Gasteiger partial charge in [-0.1, -0.05) is 49.9 Å². The highest BCUT2D eigenvalue weighted by atomic mass is 19.1. The van der Waals surface area contributed by atoms with E-state index in [-0.39, 0.29) is 19.1 Å². The van der Waals surface area contributed by atoms with Gasteiger partial charge in [0, 0.05) is 0 Å². The second kappa shape index (κ2) is 14.6. The minimum absolute atomic E-state index is 0.167. The SMILES string of the molecule is COc1c(F)cc(-c2ccc(C3CCC(F)CC3)cc2)cc1F.FCCCC1CCC(CCF)CC1. The lowest BCUT2D eigenvalue weighted by Crippen LogP contribution is -2.15. The molecule has 2 aromatic rings. The Bertz CT molecular complexity index is 877. The van der Waals surface area contributed by atoms with Gasteiger partial charge in [0.15, 0.2) is 17.4 Å². The Kier molecular flexibility index (Phi) is 11.5. The molecule has 0 N–H and O–H groups in total. The van der Waals surface area contributed by atoms with E-state index < -0.39 is 17.8 Å². The molecule has 0 aliphatic heterocycles. The highest BCUT2D eigenvalue weighted by Gasteiger charge is 2.22. The van der Waals surface area contributed by atoms with Crippen molar-refractivity contribution in [2.75, 3.05) is 20.5 Å². The van der Waals surface area contributed by atoms with Crippen molar-refractivity contribution in [3.63, 3.8) is 0 Å². The third kappa shape index (κ3) is 8.21. The zero-order valence-electron chi connectivity index (χ0n) is 21.3. The standard InChI is InChI=1S/C19H19F3O.C11H20F2/c1-23-19-17(21)10-15(11-18(19)22)14-4-2-12(3-5-14)13-6-8-16(20)9-7-13;12-8-1-2-10-3-5-11(6-4-10)7-9-13/h2-5,10-11,13,16H,6-9H2,1H3;10-11H,1-9H2. The van der Waals surface area contributed by atoms with Gasteiger partial charge in [-0.2, -0.15) is 0 Å². The average molecular weight is 511 g/mol. The van der Waals surface area contributed by atoms with E-state index in [1.165, 1.54) is 44.9 Å². The van der Waals surface area contributed by atoms with Crippen LogP contribution in [0.1, 0.15) is 82.1 Å². The van der Waals surface area contributed by atoms with Gasteiger partial charge < -0.3 is 4.74 Å². The van der Waals surface area contributed by atoms with Crippen molar-refractivity contribution in [1.29, 1.82) is 0 Å². The van der Waals surface area contributed by atoms with Crippen LogP contribution in [0.5, 0.6) is 5.75 Å². The molecule has 1 nitrogen and oxygen atoms in total. The molecule has 2 saturated carbocycles. The first-order chi connectivity index (χ1) is 17.4. The minimum Gasteiger partial charge on any atom is -0.491 e. The number of hydrogen-bond acceptors (Lipinski definition) is 1. The highest BCUT2D eigenvalue weighted by Crippen LogP contribution is 2.36. The molecule has 2 aliphatic rings. The number of ether oxygens (including phenoxy) is 1. The Morgan fingerprint density at radius 1 is 0.722 bits per heavy atom. The molecular formula is C30H39F5O. The van der Waals surface area contributed by atoms with Crippen LogP contribution < -0.4 is 4.74 Å². The molecule has 0 amide bonds. The normalized spacial score (nSPS) is 24.1. The van der Waals surface area contributed by atoms with Gasteiger partial charge in [-0.25, -0.2) is 13.2 Å². The predicted molar refractivity (Wildman–Crippen MR) is 136 cm³/mol. The third-order valence-corrected chi connectivity index (χ3v) is 7.80. The number of rotatable bonds is 8. The monoisotopic (exact) mass is 510 g/mol. The third-order valence-electron chi connectivity index (χ3n) is 7.80. The lowest BCUT2D eigenvalue weighted by Gasteiger charge is -2.27. The molecule has 4 rings (SSSR count). The van der Waals surface area contributed by atoms with Crippen LogP contribution in [-0.2, 0) is 0 Å². The van der Waals surface area contributed by atoms with Crippen LogP contribution in [0.25, 0.3) is 11.1 Å². The number of halogens is 5. The molecule has 0 saturated heterocycles. The van der Waals surface area contributed by atoms with E-state index in [1.54, 1.807) is 0 Å². The van der Waals surface area contributed by atoms with Crippen LogP contribution in [-0.4, -0.2) is 26.6 Å². The molecule has 2 aromatic carbocycles. The number of methoxy groups -OCH3 is 1. The van der Waals surface area contributed by atoms with Crippen LogP contribution in [0.3, 0.4) is 0 Å². The maximum absolute atomic E-state index is 13.8. The zero-order valence-corrected chi connectivity index (χ0v) is 21.3. The lowest BCUT2D eigenvalue weighted by atomic mass is 9.79. The fraction of sp³-hybridized carbons (Fsp3) is 0.600. The Hall–Kier alpha value is -2.11. The molecule has 0 heterocycles. The van der Waals surface area contributed by atoms with Crippen molar-refractivity contribution in [2.24, 2.45) is 11.8 Å². The van der Waals surface area contributed by atoms with E-state index in [9.17, 15) is 22.0 Å². The largest absolute Gasteiger partial charge is 0.491 e. The maximum atomic E-state index is 13.8. The van der Waals surface area contributed by atoms with Crippen LogP contribution >= 0.6 is 0 Å². The average Bonchev–Trinajstić information content (AvgIpc) is 2.89. The summed E-state index contributed by atoms with van der Waals surface area (Å²) in [5, 5.41) is 0. The highest BCUT2D eigenvalue weighted by molar-refractivity contribution is 5.65. The molecule has 0 spiro atoms. The van der Waals surface area contributed by atoms with Crippen molar-refractivity contribution in [1.82, 2.24) is 0 Å². The first kappa shape index (κ1) is 28.5. The molecule has 0 unspecified atom stereocenters. The molecule has 6 heteroatoms. The van der Waals surface area contributed by atoms with Gasteiger partial charge in [0.2, 0.25) is 0 Å². The first-order valence-electron chi connectivity index (χ1n) is 13.3. The smallest absolute Gasteiger partial charge is 0.190 e. The molecule has 0 radical (unpaired) electrons. The van der Waals surface area contributed by atoms with Crippen LogP contribution in [0, 0.1) is 23.5 Å². The molecule has 2 fully saturated rings. The second-order valence-electron chi connectivity index (χ2n) is 10.2. The van der Waals surface area contributed by atoms with Gasteiger partial charge >= 0.3 is 0 Å². The Balaban J connectivity index is 0.000000236. The van der Waals surface area contributed by atoms with E-state index >= 15 is 0 Å². The van der Waals surface area contributed by atoms with E-state index in [2.05, 4.69) is 0 Å². The molecule has 0 atom stereocenters. The second-order valence-corrected chi connectivity index (χ2v) is 10.2. The molecule has 36 heavy (non-hydrogen) atoms. The number of alkyl halides is 3.